The molecule has 1 atom stereocenters. The fraction of sp³-hybridized carbons (Fsp3) is 0.278. The fourth-order valence-electron chi connectivity index (χ4n) is 2.12. The molecule has 0 saturated carbocycles. The Morgan fingerprint density at radius 2 is 2.00 bits per heavy atom. The second kappa shape index (κ2) is 7.88. The highest BCUT2D eigenvalue weighted by Crippen LogP contribution is 2.21. The summed E-state index contributed by atoms with van der Waals surface area (Å²) in [5, 5.41) is 9.99. The number of benzene rings is 2. The van der Waals surface area contributed by atoms with Crippen LogP contribution in [0.2, 0.25) is 0 Å². The first-order valence-electron chi connectivity index (χ1n) is 7.53. The van der Waals surface area contributed by atoms with Crippen molar-refractivity contribution in [1.29, 1.82) is 0 Å². The standard InChI is InChI=1S/C18H19F2NO3/c1-3-21(2)18(23)12-5-4-6-14(9-12)24-11-17(22)15-10-13(19)7-8-16(15)20/h4-10,17,22H,3,11H2,1-2H3. The number of aliphatic hydroxyl groups excluding tert-OH is 1. The van der Waals surface area contributed by atoms with Crippen LogP contribution in [0.4, 0.5) is 8.78 Å². The SMILES string of the molecule is CCN(C)C(=O)c1cccc(OCC(O)c2cc(F)ccc2F)c1. The zero-order valence-electron chi connectivity index (χ0n) is 13.5. The van der Waals surface area contributed by atoms with Crippen LogP contribution >= 0.6 is 0 Å². The van der Waals surface area contributed by atoms with Gasteiger partial charge in [0, 0.05) is 24.7 Å². The van der Waals surface area contributed by atoms with Crippen molar-refractivity contribution < 1.29 is 23.4 Å². The molecule has 2 aromatic rings. The Bertz CT molecular complexity index is 721. The molecule has 0 saturated heterocycles. The van der Waals surface area contributed by atoms with Gasteiger partial charge in [0.25, 0.3) is 5.91 Å². The number of hydrogen-bond acceptors (Lipinski definition) is 3. The van der Waals surface area contributed by atoms with E-state index in [-0.39, 0.29) is 18.1 Å². The Labute approximate surface area is 139 Å². The summed E-state index contributed by atoms with van der Waals surface area (Å²) < 4.78 is 32.2. The molecule has 2 rings (SSSR count). The molecule has 2 aromatic carbocycles. The van der Waals surface area contributed by atoms with Gasteiger partial charge in [0.2, 0.25) is 0 Å². The first-order valence-corrected chi connectivity index (χ1v) is 7.53. The first-order chi connectivity index (χ1) is 11.4. The molecular weight excluding hydrogens is 316 g/mol. The summed E-state index contributed by atoms with van der Waals surface area (Å²) in [4.78, 5) is 13.7. The van der Waals surface area contributed by atoms with Crippen molar-refractivity contribution in [2.45, 2.75) is 13.0 Å². The highest BCUT2D eigenvalue weighted by Gasteiger charge is 2.16. The summed E-state index contributed by atoms with van der Waals surface area (Å²) >= 11 is 0. The predicted molar refractivity (Wildman–Crippen MR) is 85.9 cm³/mol. The van der Waals surface area contributed by atoms with E-state index in [0.717, 1.165) is 18.2 Å². The molecule has 0 aliphatic rings. The maximum atomic E-state index is 13.6. The molecule has 0 spiro atoms. The maximum absolute atomic E-state index is 13.6. The monoisotopic (exact) mass is 335 g/mol. The van der Waals surface area contributed by atoms with Gasteiger partial charge in [0.05, 0.1) is 0 Å². The van der Waals surface area contributed by atoms with E-state index in [0.29, 0.717) is 17.9 Å². The van der Waals surface area contributed by atoms with Crippen LogP contribution in [0, 0.1) is 11.6 Å². The number of rotatable bonds is 6. The van der Waals surface area contributed by atoms with Crippen molar-refractivity contribution >= 4 is 5.91 Å². The van der Waals surface area contributed by atoms with E-state index in [1.807, 2.05) is 6.92 Å². The third kappa shape index (κ3) is 4.29. The molecule has 1 unspecified atom stereocenters. The third-order valence-electron chi connectivity index (χ3n) is 3.63. The Kier molecular flexibility index (Phi) is 5.87. The molecule has 4 nitrogen and oxygen atoms in total. The number of ether oxygens (including phenoxy) is 1. The van der Waals surface area contributed by atoms with Crippen molar-refractivity contribution in [2.24, 2.45) is 0 Å². The van der Waals surface area contributed by atoms with E-state index in [1.54, 1.807) is 36.2 Å². The van der Waals surface area contributed by atoms with Gasteiger partial charge in [-0.1, -0.05) is 6.07 Å². The second-order valence-corrected chi connectivity index (χ2v) is 5.34. The molecule has 0 bridgehead atoms. The van der Waals surface area contributed by atoms with E-state index in [2.05, 4.69) is 0 Å². The van der Waals surface area contributed by atoms with E-state index < -0.39 is 17.7 Å². The van der Waals surface area contributed by atoms with Gasteiger partial charge in [-0.15, -0.1) is 0 Å². The lowest BCUT2D eigenvalue weighted by Crippen LogP contribution is -2.26. The number of halogens is 2. The average molecular weight is 335 g/mol. The minimum atomic E-state index is -1.32. The van der Waals surface area contributed by atoms with Crippen LogP contribution in [0.15, 0.2) is 42.5 Å². The molecule has 0 heterocycles. The summed E-state index contributed by atoms with van der Waals surface area (Å²) in [6.07, 6.45) is -1.32. The predicted octanol–water partition coefficient (Wildman–Crippen LogP) is 3.17. The summed E-state index contributed by atoms with van der Waals surface area (Å²) in [6.45, 7) is 2.17. The highest BCUT2D eigenvalue weighted by atomic mass is 19.1. The largest absolute Gasteiger partial charge is 0.491 e. The van der Waals surface area contributed by atoms with Gasteiger partial charge in [-0.3, -0.25) is 4.79 Å². The molecule has 0 aliphatic carbocycles. The van der Waals surface area contributed by atoms with Crippen molar-refractivity contribution in [3.05, 3.63) is 65.2 Å². The molecule has 0 aliphatic heterocycles. The number of carbonyl (C=O) groups excluding carboxylic acids is 1. The highest BCUT2D eigenvalue weighted by molar-refractivity contribution is 5.94. The van der Waals surface area contributed by atoms with E-state index in [4.69, 9.17) is 4.74 Å². The number of aliphatic hydroxyl groups is 1. The minimum Gasteiger partial charge on any atom is -0.491 e. The summed E-state index contributed by atoms with van der Waals surface area (Å²) in [5.41, 5.74) is 0.274. The van der Waals surface area contributed by atoms with Crippen LogP contribution in [0.1, 0.15) is 28.9 Å². The molecule has 1 N–H and O–H groups in total. The van der Waals surface area contributed by atoms with Crippen molar-refractivity contribution in [2.75, 3.05) is 20.2 Å². The Balaban J connectivity index is 2.06. The molecule has 128 valence electrons. The molecule has 0 radical (unpaired) electrons. The van der Waals surface area contributed by atoms with Gasteiger partial charge in [-0.05, 0) is 43.3 Å². The lowest BCUT2D eigenvalue weighted by molar-refractivity contribution is 0.0801. The van der Waals surface area contributed by atoms with E-state index >= 15 is 0 Å². The van der Waals surface area contributed by atoms with Crippen molar-refractivity contribution in [1.82, 2.24) is 4.90 Å². The van der Waals surface area contributed by atoms with Crippen LogP contribution in [0.3, 0.4) is 0 Å². The van der Waals surface area contributed by atoms with Gasteiger partial charge < -0.3 is 14.7 Å². The molecular formula is C18H19F2NO3. The molecule has 24 heavy (non-hydrogen) atoms. The van der Waals surface area contributed by atoms with Crippen LogP contribution in [0.25, 0.3) is 0 Å². The Morgan fingerprint density at radius 1 is 1.25 bits per heavy atom. The second-order valence-electron chi connectivity index (χ2n) is 5.34. The topological polar surface area (TPSA) is 49.8 Å². The lowest BCUT2D eigenvalue weighted by atomic mass is 10.1. The average Bonchev–Trinajstić information content (AvgIpc) is 2.60. The molecule has 6 heteroatoms. The number of carbonyl (C=O) groups is 1. The van der Waals surface area contributed by atoms with Gasteiger partial charge >= 0.3 is 0 Å². The minimum absolute atomic E-state index is 0.153. The fourth-order valence-corrected chi connectivity index (χ4v) is 2.12. The summed E-state index contributed by atoms with van der Waals surface area (Å²) in [6, 6.07) is 9.34. The number of nitrogens with zero attached hydrogens (tertiary/aromatic N) is 1. The lowest BCUT2D eigenvalue weighted by Gasteiger charge is -2.16. The van der Waals surface area contributed by atoms with E-state index in [9.17, 15) is 18.7 Å². The van der Waals surface area contributed by atoms with E-state index in [1.165, 1.54) is 0 Å². The zero-order chi connectivity index (χ0) is 17.7. The number of hydrogen-bond donors (Lipinski definition) is 1. The summed E-state index contributed by atoms with van der Waals surface area (Å²) in [5.74, 6) is -1.14. The van der Waals surface area contributed by atoms with Gasteiger partial charge in [-0.25, -0.2) is 8.78 Å². The Hall–Kier alpha value is -2.47. The summed E-state index contributed by atoms with van der Waals surface area (Å²) in [7, 11) is 1.69. The van der Waals surface area contributed by atoms with Crippen molar-refractivity contribution in [3.8, 4) is 5.75 Å². The number of amides is 1. The van der Waals surface area contributed by atoms with Crippen molar-refractivity contribution in [3.63, 3.8) is 0 Å². The van der Waals surface area contributed by atoms with Crippen LogP contribution < -0.4 is 4.74 Å². The van der Waals surface area contributed by atoms with Crippen LogP contribution in [-0.2, 0) is 0 Å². The molecule has 1 amide bonds. The zero-order valence-corrected chi connectivity index (χ0v) is 13.5. The molecule has 0 fully saturated rings. The van der Waals surface area contributed by atoms with Crippen LogP contribution in [-0.4, -0.2) is 36.1 Å². The smallest absolute Gasteiger partial charge is 0.253 e. The third-order valence-corrected chi connectivity index (χ3v) is 3.63. The Morgan fingerprint density at radius 3 is 2.71 bits per heavy atom. The maximum Gasteiger partial charge on any atom is 0.253 e. The first kappa shape index (κ1) is 17.9. The normalized spacial score (nSPS) is 11.9. The van der Waals surface area contributed by atoms with Gasteiger partial charge in [-0.2, -0.15) is 0 Å². The van der Waals surface area contributed by atoms with Gasteiger partial charge in [0.15, 0.2) is 0 Å². The van der Waals surface area contributed by atoms with Gasteiger partial charge in [0.1, 0.15) is 30.1 Å². The quantitative estimate of drug-likeness (QED) is 0.882. The van der Waals surface area contributed by atoms with Crippen LogP contribution in [0.5, 0.6) is 5.75 Å². The molecule has 0 aromatic heterocycles.